The number of benzene rings is 2. The second kappa shape index (κ2) is 11.2. The van der Waals surface area contributed by atoms with E-state index in [0.717, 1.165) is 11.6 Å². The van der Waals surface area contributed by atoms with Gasteiger partial charge in [0.1, 0.15) is 16.9 Å². The van der Waals surface area contributed by atoms with E-state index in [-0.39, 0.29) is 0 Å². The summed E-state index contributed by atoms with van der Waals surface area (Å²) in [4.78, 5) is 11.0. The first-order chi connectivity index (χ1) is 13.3. The third kappa shape index (κ3) is 7.38. The largest absolute Gasteiger partial charge is 0.495 e. The lowest BCUT2D eigenvalue weighted by Gasteiger charge is -2.04. The van der Waals surface area contributed by atoms with Crippen LogP contribution in [0.25, 0.3) is 12.2 Å². The number of ether oxygens (including phenoxy) is 2. The van der Waals surface area contributed by atoms with Gasteiger partial charge in [0.15, 0.2) is 5.78 Å². The van der Waals surface area contributed by atoms with Crippen molar-refractivity contribution < 1.29 is 22.7 Å². The maximum absolute atomic E-state index is 11.0. The van der Waals surface area contributed by atoms with E-state index in [1.165, 1.54) is 13.2 Å². The number of hydrogen-bond acceptors (Lipinski definition) is 7. The van der Waals surface area contributed by atoms with Crippen LogP contribution in [-0.4, -0.2) is 33.8 Å². The molecule has 0 bridgehead atoms. The van der Waals surface area contributed by atoms with Crippen molar-refractivity contribution in [2.75, 3.05) is 25.7 Å². The normalized spacial score (nSPS) is 9.79. The third-order valence-electron chi connectivity index (χ3n) is 3.40. The number of ketones is 1. The minimum absolute atomic E-state index is 0.443. The Kier molecular flexibility index (Phi) is 9.05. The quantitative estimate of drug-likeness (QED) is 0.432. The number of carbonyl (C=O) groups excluding carboxylic acids is 1. The van der Waals surface area contributed by atoms with Crippen molar-refractivity contribution in [2.24, 2.45) is 0 Å². The lowest BCUT2D eigenvalue weighted by molar-refractivity contribution is -0.108. The van der Waals surface area contributed by atoms with Gasteiger partial charge in [-0.3, -0.25) is 4.79 Å². The first-order valence-corrected chi connectivity index (χ1v) is 9.09. The first kappa shape index (κ1) is 22.5. The van der Waals surface area contributed by atoms with Crippen molar-refractivity contribution in [1.29, 1.82) is 0 Å². The monoisotopic (exact) mass is 402 g/mol. The van der Waals surface area contributed by atoms with E-state index in [1.807, 2.05) is 18.2 Å². The molecule has 0 spiro atoms. The minimum atomic E-state index is -2.48. The molecule has 148 valence electrons. The van der Waals surface area contributed by atoms with Gasteiger partial charge in [0.2, 0.25) is 10.3 Å². The van der Waals surface area contributed by atoms with Crippen LogP contribution in [0, 0.1) is 0 Å². The second-order valence-corrected chi connectivity index (χ2v) is 6.08. The van der Waals surface area contributed by atoms with Crippen LogP contribution in [0.4, 0.5) is 11.4 Å². The number of nitrogen functional groups attached to an aromatic ring is 2. The minimum Gasteiger partial charge on any atom is -0.495 e. The molecule has 0 amide bonds. The first-order valence-electron chi connectivity index (χ1n) is 7.95. The summed E-state index contributed by atoms with van der Waals surface area (Å²) in [5, 5.41) is 0.587. The zero-order chi connectivity index (χ0) is 21.1. The van der Waals surface area contributed by atoms with Crippen molar-refractivity contribution in [1.82, 2.24) is 0 Å². The summed E-state index contributed by atoms with van der Waals surface area (Å²) in [6.07, 6.45) is 4.37. The number of anilines is 2. The van der Waals surface area contributed by atoms with Gasteiger partial charge in [0, 0.05) is 0 Å². The summed E-state index contributed by atoms with van der Waals surface area (Å²) in [6, 6.07) is 10.5. The Morgan fingerprint density at radius 3 is 1.89 bits per heavy atom. The molecule has 0 heterocycles. The Morgan fingerprint density at radius 2 is 1.46 bits per heavy atom. The van der Waals surface area contributed by atoms with Crippen LogP contribution in [-0.2, 0) is 15.1 Å². The molecule has 0 saturated carbocycles. The zero-order valence-corrected chi connectivity index (χ0v) is 16.4. The van der Waals surface area contributed by atoms with Gasteiger partial charge in [-0.25, -0.2) is 0 Å². The van der Waals surface area contributed by atoms with E-state index in [4.69, 9.17) is 20.9 Å². The third-order valence-corrected chi connectivity index (χ3v) is 3.82. The van der Waals surface area contributed by atoms with Crippen LogP contribution in [0.1, 0.15) is 11.1 Å². The number of hydrogen-bond donors (Lipinski definition) is 2. The Labute approximate surface area is 165 Å². The Bertz CT molecular complexity index is 1000. The van der Waals surface area contributed by atoms with Gasteiger partial charge in [0.25, 0.3) is 0 Å². The van der Waals surface area contributed by atoms with E-state index in [1.54, 1.807) is 31.4 Å². The Balaban J connectivity index is 0.000000307. The second-order valence-electron chi connectivity index (χ2n) is 5.32. The van der Waals surface area contributed by atoms with Crippen molar-refractivity contribution in [3.63, 3.8) is 0 Å². The standard InChI is InChI=1S/C11H11NO4S.C9H11NO/c1-16-11-5-3-8(6-10(11)12)2-4-9(13)7-17(14)15;1-3-7-4-5-9(11-2)8(10)6-7/h2-7H,12H2,1H3;3-6H,1,10H2,2H3. The summed E-state index contributed by atoms with van der Waals surface area (Å²) in [6.45, 7) is 3.63. The smallest absolute Gasteiger partial charge is 0.218 e. The van der Waals surface area contributed by atoms with Gasteiger partial charge in [-0.15, -0.1) is 0 Å². The van der Waals surface area contributed by atoms with E-state index in [9.17, 15) is 13.2 Å². The van der Waals surface area contributed by atoms with Gasteiger partial charge >= 0.3 is 0 Å². The van der Waals surface area contributed by atoms with Crippen LogP contribution in [0.2, 0.25) is 0 Å². The highest BCUT2D eigenvalue weighted by atomic mass is 32.2. The molecule has 0 fully saturated rings. The number of methoxy groups -OCH3 is 2. The molecule has 0 radical (unpaired) electrons. The summed E-state index contributed by atoms with van der Waals surface area (Å²) >= 11 is 0. The molecule has 0 aliphatic heterocycles. The molecule has 0 aromatic heterocycles. The number of allylic oxidation sites excluding steroid dienone is 1. The number of rotatable bonds is 6. The molecule has 8 heteroatoms. The maximum atomic E-state index is 11.0. The fourth-order valence-electron chi connectivity index (χ4n) is 2.05. The predicted octanol–water partition coefficient (Wildman–Crippen LogP) is 2.46. The van der Waals surface area contributed by atoms with Crippen LogP contribution >= 0.6 is 0 Å². The Hall–Kier alpha value is -3.52. The van der Waals surface area contributed by atoms with E-state index in [0.29, 0.717) is 33.8 Å². The molecule has 4 N–H and O–H groups in total. The van der Waals surface area contributed by atoms with Gasteiger partial charge in [-0.05, 0) is 41.5 Å². The lowest BCUT2D eigenvalue weighted by Crippen LogP contribution is -1.94. The Morgan fingerprint density at radius 1 is 0.964 bits per heavy atom. The van der Waals surface area contributed by atoms with Crippen LogP contribution in [0.5, 0.6) is 11.5 Å². The molecule has 2 aromatic rings. The van der Waals surface area contributed by atoms with Crippen LogP contribution in [0.3, 0.4) is 0 Å². The number of carbonyl (C=O) groups is 1. The lowest BCUT2D eigenvalue weighted by atomic mass is 10.1. The molecule has 0 saturated heterocycles. The number of nitrogens with two attached hydrogens (primary N) is 2. The highest BCUT2D eigenvalue weighted by molar-refractivity contribution is 7.73. The molecular weight excluding hydrogens is 380 g/mol. The van der Waals surface area contributed by atoms with Crippen molar-refractivity contribution in [2.45, 2.75) is 0 Å². The SMILES string of the molecule is C=Cc1ccc(OC)c(N)c1.COc1ccc(C=CC(=O)C=S(=O)=O)cc1N. The van der Waals surface area contributed by atoms with Gasteiger partial charge in [-0.2, -0.15) is 8.42 Å². The zero-order valence-electron chi connectivity index (χ0n) is 15.6. The van der Waals surface area contributed by atoms with Crippen molar-refractivity contribution in [3.8, 4) is 11.5 Å². The molecule has 7 nitrogen and oxygen atoms in total. The van der Waals surface area contributed by atoms with Gasteiger partial charge < -0.3 is 20.9 Å². The molecule has 0 unspecified atom stereocenters. The summed E-state index contributed by atoms with van der Waals surface area (Å²) in [7, 11) is 0.616. The highest BCUT2D eigenvalue weighted by Gasteiger charge is 1.99. The molecular formula is C20H22N2O5S. The summed E-state index contributed by atoms with van der Waals surface area (Å²) in [5.74, 6) is 0.643. The molecule has 0 aliphatic rings. The maximum Gasteiger partial charge on any atom is 0.218 e. The molecule has 0 atom stereocenters. The van der Waals surface area contributed by atoms with Gasteiger partial charge in [0.05, 0.1) is 25.6 Å². The van der Waals surface area contributed by atoms with Crippen LogP contribution < -0.4 is 20.9 Å². The van der Waals surface area contributed by atoms with E-state index >= 15 is 0 Å². The molecule has 2 aromatic carbocycles. The van der Waals surface area contributed by atoms with E-state index < -0.39 is 16.1 Å². The average molecular weight is 402 g/mol. The topological polar surface area (TPSA) is 122 Å². The summed E-state index contributed by atoms with van der Waals surface area (Å²) in [5.41, 5.74) is 14.1. The van der Waals surface area contributed by atoms with Crippen molar-refractivity contribution in [3.05, 3.63) is 60.2 Å². The van der Waals surface area contributed by atoms with E-state index in [2.05, 4.69) is 6.58 Å². The highest BCUT2D eigenvalue weighted by Crippen LogP contribution is 2.23. The van der Waals surface area contributed by atoms with Crippen molar-refractivity contribution >= 4 is 45.0 Å². The van der Waals surface area contributed by atoms with Crippen LogP contribution in [0.15, 0.2) is 49.1 Å². The molecule has 2 rings (SSSR count). The summed E-state index contributed by atoms with van der Waals surface area (Å²) < 4.78 is 30.4. The fraction of sp³-hybridized carbons (Fsp3) is 0.100. The van der Waals surface area contributed by atoms with Gasteiger partial charge in [-0.1, -0.05) is 30.9 Å². The fourth-order valence-corrected chi connectivity index (χ4v) is 2.32. The average Bonchev–Trinajstić information content (AvgIpc) is 2.66. The molecule has 28 heavy (non-hydrogen) atoms. The predicted molar refractivity (Wildman–Crippen MR) is 114 cm³/mol. The molecule has 0 aliphatic carbocycles.